The van der Waals surface area contributed by atoms with Crippen LogP contribution >= 0.6 is 11.8 Å². The number of hydrogen-bond acceptors (Lipinski definition) is 5. The summed E-state index contributed by atoms with van der Waals surface area (Å²) in [4.78, 5) is 23.9. The van der Waals surface area contributed by atoms with Gasteiger partial charge in [-0.2, -0.15) is 5.26 Å². The van der Waals surface area contributed by atoms with Gasteiger partial charge in [-0.25, -0.2) is 9.78 Å². The average Bonchev–Trinajstić information content (AvgIpc) is 3.06. The molecule has 0 bridgehead atoms. The number of nitrogens with one attached hydrogen (secondary N) is 1. The van der Waals surface area contributed by atoms with Crippen LogP contribution in [0.15, 0.2) is 70.6 Å². The first-order valence-corrected chi connectivity index (χ1v) is 9.88. The van der Waals surface area contributed by atoms with E-state index < -0.39 is 0 Å². The molecule has 0 saturated carbocycles. The number of fused-ring (bicyclic) bond motifs is 1. The molecule has 0 spiro atoms. The molecule has 4 aromatic rings. The van der Waals surface area contributed by atoms with E-state index in [2.05, 4.69) is 21.0 Å². The minimum atomic E-state index is -0.0980. The molecule has 0 fully saturated rings. The van der Waals surface area contributed by atoms with Crippen LogP contribution in [0.1, 0.15) is 12.0 Å². The van der Waals surface area contributed by atoms with E-state index in [-0.39, 0.29) is 5.69 Å². The second kappa shape index (κ2) is 8.11. The third-order valence-corrected chi connectivity index (χ3v) is 5.43. The first kappa shape index (κ1) is 18.0. The van der Waals surface area contributed by atoms with Crippen molar-refractivity contribution in [3.63, 3.8) is 0 Å². The van der Waals surface area contributed by atoms with Gasteiger partial charge in [0.2, 0.25) is 0 Å². The molecule has 0 radical (unpaired) electrons. The number of H-pyrrole nitrogens is 1. The summed E-state index contributed by atoms with van der Waals surface area (Å²) in [5.41, 5.74) is 3.73. The highest BCUT2D eigenvalue weighted by Crippen LogP contribution is 2.25. The largest absolute Gasteiger partial charge is 0.326 e. The number of benzene rings is 1. The van der Waals surface area contributed by atoms with Gasteiger partial charge in [-0.3, -0.25) is 9.55 Å². The minimum absolute atomic E-state index is 0.0980. The first-order chi connectivity index (χ1) is 13.8. The molecule has 0 aliphatic heterocycles. The van der Waals surface area contributed by atoms with E-state index in [9.17, 15) is 10.1 Å². The van der Waals surface area contributed by atoms with Crippen molar-refractivity contribution in [3.8, 4) is 17.5 Å². The quantitative estimate of drug-likeness (QED) is 0.401. The topological polar surface area (TPSA) is 87.4 Å². The first-order valence-electron chi connectivity index (χ1n) is 8.89. The fraction of sp³-hybridized carbons (Fsp3) is 0.143. The van der Waals surface area contributed by atoms with Crippen molar-refractivity contribution in [1.29, 1.82) is 5.26 Å². The third kappa shape index (κ3) is 3.68. The Morgan fingerprint density at radius 3 is 2.75 bits per heavy atom. The number of nitrogens with zero attached hydrogens (tertiary/aromatic N) is 4. The summed E-state index contributed by atoms with van der Waals surface area (Å²) in [6.45, 7) is 0.609. The Hall–Kier alpha value is -3.37. The van der Waals surface area contributed by atoms with E-state index in [1.807, 2.05) is 48.5 Å². The lowest BCUT2D eigenvalue weighted by Gasteiger charge is -2.07. The molecule has 0 saturated heterocycles. The number of aryl methyl sites for hydroxylation is 1. The maximum atomic E-state index is 12.1. The Kier molecular flexibility index (Phi) is 5.22. The van der Waals surface area contributed by atoms with Gasteiger partial charge in [0.25, 0.3) is 0 Å². The van der Waals surface area contributed by atoms with Crippen molar-refractivity contribution >= 4 is 22.8 Å². The van der Waals surface area contributed by atoms with E-state index in [1.54, 1.807) is 16.8 Å². The number of pyridine rings is 2. The van der Waals surface area contributed by atoms with Gasteiger partial charge < -0.3 is 4.98 Å². The Morgan fingerprint density at radius 2 is 1.93 bits per heavy atom. The fourth-order valence-electron chi connectivity index (χ4n) is 3.01. The highest BCUT2D eigenvalue weighted by Gasteiger charge is 2.10. The van der Waals surface area contributed by atoms with Gasteiger partial charge >= 0.3 is 5.69 Å². The summed E-state index contributed by atoms with van der Waals surface area (Å²) < 4.78 is 1.75. The highest BCUT2D eigenvalue weighted by molar-refractivity contribution is 7.99. The van der Waals surface area contributed by atoms with Gasteiger partial charge in [0.15, 0.2) is 0 Å². The maximum absolute atomic E-state index is 12.1. The van der Waals surface area contributed by atoms with Crippen LogP contribution in [-0.4, -0.2) is 25.3 Å². The molecule has 3 aromatic heterocycles. The number of nitriles is 1. The van der Waals surface area contributed by atoms with E-state index >= 15 is 0 Å². The SMILES string of the molecule is N#Cc1ccc(-c2ccccn2)nc1SCCCn1c(=O)[nH]c2ccccc21. The number of hydrogen-bond donors (Lipinski definition) is 1. The normalized spacial score (nSPS) is 10.8. The zero-order valence-electron chi connectivity index (χ0n) is 15.0. The molecule has 0 aliphatic carbocycles. The molecule has 0 amide bonds. The second-order valence-corrected chi connectivity index (χ2v) is 7.26. The predicted molar refractivity (Wildman–Crippen MR) is 110 cm³/mol. The molecule has 6 nitrogen and oxygen atoms in total. The molecule has 3 heterocycles. The lowest BCUT2D eigenvalue weighted by molar-refractivity contribution is 0.679. The van der Waals surface area contributed by atoms with Crippen LogP contribution in [0, 0.1) is 11.3 Å². The molecule has 4 rings (SSSR count). The van der Waals surface area contributed by atoms with Gasteiger partial charge in [0.05, 0.1) is 28.0 Å². The van der Waals surface area contributed by atoms with Crippen molar-refractivity contribution in [1.82, 2.24) is 19.5 Å². The molecule has 0 aliphatic rings. The van der Waals surface area contributed by atoms with Crippen LogP contribution in [0.25, 0.3) is 22.4 Å². The zero-order valence-corrected chi connectivity index (χ0v) is 15.8. The number of aromatic nitrogens is 4. The number of aromatic amines is 1. The van der Waals surface area contributed by atoms with Crippen molar-refractivity contribution in [2.24, 2.45) is 0 Å². The lowest BCUT2D eigenvalue weighted by atomic mass is 10.2. The van der Waals surface area contributed by atoms with Gasteiger partial charge in [0.1, 0.15) is 11.1 Å². The number of rotatable bonds is 6. The van der Waals surface area contributed by atoms with E-state index in [0.29, 0.717) is 17.1 Å². The number of imidazole rings is 1. The number of para-hydroxylation sites is 2. The molecular weight excluding hydrogens is 370 g/mol. The maximum Gasteiger partial charge on any atom is 0.326 e. The third-order valence-electron chi connectivity index (χ3n) is 4.35. The van der Waals surface area contributed by atoms with Crippen LogP contribution in [0.4, 0.5) is 0 Å². The summed E-state index contributed by atoms with van der Waals surface area (Å²) >= 11 is 1.53. The summed E-state index contributed by atoms with van der Waals surface area (Å²) in [5.74, 6) is 0.749. The molecule has 0 atom stereocenters. The number of thioether (sulfide) groups is 1. The Labute approximate surface area is 165 Å². The molecular formula is C21H17N5OS. The predicted octanol–water partition coefficient (Wildman–Crippen LogP) is 3.84. The van der Waals surface area contributed by atoms with Crippen molar-refractivity contribution in [2.75, 3.05) is 5.75 Å². The fourth-order valence-corrected chi connectivity index (χ4v) is 3.91. The molecule has 0 unspecified atom stereocenters. The summed E-state index contributed by atoms with van der Waals surface area (Å²) in [5, 5.41) is 10.1. The highest BCUT2D eigenvalue weighted by atomic mass is 32.2. The Balaban J connectivity index is 1.47. The van der Waals surface area contributed by atoms with Gasteiger partial charge in [-0.05, 0) is 42.8 Å². The summed E-state index contributed by atoms with van der Waals surface area (Å²) in [6.07, 6.45) is 2.51. The Morgan fingerprint density at radius 1 is 1.07 bits per heavy atom. The van der Waals surface area contributed by atoms with E-state index in [1.165, 1.54) is 11.8 Å². The zero-order chi connectivity index (χ0) is 19.3. The molecule has 28 heavy (non-hydrogen) atoms. The smallest absolute Gasteiger partial charge is 0.306 e. The van der Waals surface area contributed by atoms with Crippen LogP contribution in [0.3, 0.4) is 0 Å². The van der Waals surface area contributed by atoms with Crippen LogP contribution in [0.5, 0.6) is 0 Å². The molecule has 1 aromatic carbocycles. The molecule has 1 N–H and O–H groups in total. The second-order valence-electron chi connectivity index (χ2n) is 6.18. The summed E-state index contributed by atoms with van der Waals surface area (Å²) in [6, 6.07) is 19.1. The van der Waals surface area contributed by atoms with E-state index in [4.69, 9.17) is 0 Å². The lowest BCUT2D eigenvalue weighted by Crippen LogP contribution is -2.17. The van der Waals surface area contributed by atoms with Crippen molar-refractivity contribution in [2.45, 2.75) is 18.0 Å². The van der Waals surface area contributed by atoms with Crippen LogP contribution < -0.4 is 5.69 Å². The monoisotopic (exact) mass is 387 g/mol. The van der Waals surface area contributed by atoms with Gasteiger partial charge in [-0.15, -0.1) is 11.8 Å². The summed E-state index contributed by atoms with van der Waals surface area (Å²) in [7, 11) is 0. The van der Waals surface area contributed by atoms with Crippen molar-refractivity contribution in [3.05, 3.63) is 76.8 Å². The minimum Gasteiger partial charge on any atom is -0.306 e. The van der Waals surface area contributed by atoms with Crippen LogP contribution in [-0.2, 0) is 6.54 Å². The molecule has 138 valence electrons. The van der Waals surface area contributed by atoms with Gasteiger partial charge in [-0.1, -0.05) is 18.2 Å². The van der Waals surface area contributed by atoms with Crippen molar-refractivity contribution < 1.29 is 0 Å². The average molecular weight is 387 g/mol. The standard InChI is InChI=1S/C21H17N5OS/c22-14-15-9-10-17(16-6-3-4-11-23-16)24-20(15)28-13-5-12-26-19-8-2-1-7-18(19)25-21(26)27/h1-4,6-11H,5,12-13H2,(H,25,27). The van der Waals surface area contributed by atoms with Gasteiger partial charge in [0, 0.05) is 18.5 Å². The Bertz CT molecular complexity index is 1210. The van der Waals surface area contributed by atoms with Crippen LogP contribution in [0.2, 0.25) is 0 Å². The van der Waals surface area contributed by atoms with E-state index in [0.717, 1.165) is 34.6 Å². The molecule has 7 heteroatoms.